The highest BCUT2D eigenvalue weighted by molar-refractivity contribution is 5.98. The second kappa shape index (κ2) is 11.5. The third-order valence-corrected chi connectivity index (χ3v) is 8.29. The first-order valence-corrected chi connectivity index (χ1v) is 14.9. The number of nitrogens with zero attached hydrogens (tertiary/aromatic N) is 4. The Kier molecular flexibility index (Phi) is 7.09. The number of aryl methyl sites for hydroxylation is 2. The molecule has 0 spiro atoms. The summed E-state index contributed by atoms with van der Waals surface area (Å²) in [7, 11) is 2.09. The fourth-order valence-electron chi connectivity index (χ4n) is 6.12. The maximum Gasteiger partial charge on any atom is 0.0734 e. The number of rotatable bonds is 4. The minimum Gasteiger partial charge on any atom is -0.360 e. The van der Waals surface area contributed by atoms with Crippen molar-refractivity contribution < 1.29 is 0 Å². The summed E-state index contributed by atoms with van der Waals surface area (Å²) in [5.41, 5.74) is 11.0. The summed E-state index contributed by atoms with van der Waals surface area (Å²) in [4.78, 5) is 13.0. The fourth-order valence-corrected chi connectivity index (χ4v) is 6.12. The molecule has 0 saturated carbocycles. The summed E-state index contributed by atoms with van der Waals surface area (Å²) in [5, 5.41) is 13.8. The van der Waals surface area contributed by atoms with Gasteiger partial charge in [0.1, 0.15) is 0 Å². The molecule has 0 aliphatic heterocycles. The topological polar surface area (TPSA) is 70.3 Å². The average Bonchev–Trinajstić information content (AvgIpc) is 3.66. The van der Waals surface area contributed by atoms with Crippen molar-refractivity contribution in [3.8, 4) is 28.6 Å². The van der Waals surface area contributed by atoms with Crippen LogP contribution in [0, 0.1) is 11.3 Å². The summed E-state index contributed by atoms with van der Waals surface area (Å²) >= 11 is 0. The van der Waals surface area contributed by atoms with Crippen LogP contribution in [0.25, 0.3) is 66.1 Å². The highest BCUT2D eigenvalue weighted by Crippen LogP contribution is 2.32. The molecule has 0 aliphatic rings. The molecular formula is C39H31N5. The van der Waals surface area contributed by atoms with Gasteiger partial charge in [-0.2, -0.15) is 5.26 Å². The van der Waals surface area contributed by atoms with E-state index in [4.69, 9.17) is 15.2 Å². The van der Waals surface area contributed by atoms with Gasteiger partial charge >= 0.3 is 0 Å². The van der Waals surface area contributed by atoms with Gasteiger partial charge in [0.15, 0.2) is 0 Å². The molecule has 4 aromatic carbocycles. The van der Waals surface area contributed by atoms with Gasteiger partial charge in [0.05, 0.1) is 34.9 Å². The van der Waals surface area contributed by atoms with Gasteiger partial charge in [-0.25, -0.2) is 9.97 Å². The molecule has 212 valence electrons. The van der Waals surface area contributed by atoms with E-state index >= 15 is 0 Å². The van der Waals surface area contributed by atoms with Crippen LogP contribution in [0.15, 0.2) is 122 Å². The fraction of sp³-hybridized carbons (Fsp3) is 0.103. The number of hydrogen-bond acceptors (Lipinski definition) is 3. The zero-order chi connectivity index (χ0) is 30.0. The van der Waals surface area contributed by atoms with Crippen molar-refractivity contribution in [3.63, 3.8) is 0 Å². The molecule has 5 nitrogen and oxygen atoms in total. The number of hydrogen-bond donors (Lipinski definition) is 1. The van der Waals surface area contributed by atoms with Crippen LogP contribution in [0.5, 0.6) is 0 Å². The highest BCUT2D eigenvalue weighted by atomic mass is 14.9. The minimum atomic E-state index is 0.387. The van der Waals surface area contributed by atoms with E-state index < -0.39 is 0 Å². The van der Waals surface area contributed by atoms with Gasteiger partial charge in [-0.1, -0.05) is 79.7 Å². The summed E-state index contributed by atoms with van der Waals surface area (Å²) < 4.78 is 2.17. The number of benzene rings is 4. The standard InChI is InChI=1S/C20H18N2.C19H13N3/c1-3-14-12-19(21-18-10-6-4-8-15(14)18)17-13-22(2)20-11-7-5-9-16(17)20;20-10-9-13-11-19(22-18-8-4-1-5-14(13)18)16-12-21-17-7-3-2-6-15(16)17/h4-13H,3H2,1-2H3;1-8,11-12,21H,9H2. The van der Waals surface area contributed by atoms with Crippen LogP contribution in [0.1, 0.15) is 18.1 Å². The number of nitriles is 1. The van der Waals surface area contributed by atoms with E-state index in [0.29, 0.717) is 6.42 Å². The second-order valence-electron chi connectivity index (χ2n) is 11.0. The quantitative estimate of drug-likeness (QED) is 0.229. The first kappa shape index (κ1) is 27.1. The lowest BCUT2D eigenvalue weighted by Crippen LogP contribution is -1.91. The molecule has 0 amide bonds. The van der Waals surface area contributed by atoms with Crippen molar-refractivity contribution >= 4 is 43.6 Å². The van der Waals surface area contributed by atoms with Crippen molar-refractivity contribution in [1.29, 1.82) is 5.26 Å². The Balaban J connectivity index is 0.000000142. The molecule has 0 atom stereocenters. The number of fused-ring (bicyclic) bond motifs is 4. The van der Waals surface area contributed by atoms with Crippen molar-refractivity contribution in [2.24, 2.45) is 7.05 Å². The maximum absolute atomic E-state index is 9.10. The summed E-state index contributed by atoms with van der Waals surface area (Å²) in [6.07, 6.45) is 5.57. The van der Waals surface area contributed by atoms with E-state index in [1.54, 1.807) is 0 Å². The van der Waals surface area contributed by atoms with Crippen molar-refractivity contribution in [1.82, 2.24) is 19.5 Å². The molecule has 0 fully saturated rings. The lowest BCUT2D eigenvalue weighted by molar-refractivity contribution is 0.969. The minimum absolute atomic E-state index is 0.387. The number of aromatic amines is 1. The smallest absolute Gasteiger partial charge is 0.0734 e. The van der Waals surface area contributed by atoms with Crippen LogP contribution < -0.4 is 0 Å². The van der Waals surface area contributed by atoms with Crippen LogP contribution in [0.4, 0.5) is 0 Å². The van der Waals surface area contributed by atoms with E-state index in [9.17, 15) is 0 Å². The predicted octanol–water partition coefficient (Wildman–Crippen LogP) is 9.41. The average molecular weight is 570 g/mol. The number of H-pyrrole nitrogens is 1. The van der Waals surface area contributed by atoms with Crippen molar-refractivity contribution in [3.05, 3.63) is 133 Å². The van der Waals surface area contributed by atoms with E-state index in [0.717, 1.165) is 56.3 Å². The number of aromatic nitrogens is 4. The van der Waals surface area contributed by atoms with Gasteiger partial charge in [0.25, 0.3) is 0 Å². The Hall–Kier alpha value is -5.73. The van der Waals surface area contributed by atoms with E-state index in [1.165, 1.54) is 27.4 Å². The molecule has 0 aliphatic carbocycles. The molecule has 0 bridgehead atoms. The zero-order valence-electron chi connectivity index (χ0n) is 24.8. The largest absolute Gasteiger partial charge is 0.360 e. The molecule has 44 heavy (non-hydrogen) atoms. The van der Waals surface area contributed by atoms with E-state index in [2.05, 4.69) is 103 Å². The first-order chi connectivity index (χ1) is 21.6. The Morgan fingerprint density at radius 3 is 1.95 bits per heavy atom. The lowest BCUT2D eigenvalue weighted by Gasteiger charge is -2.07. The van der Waals surface area contributed by atoms with Crippen molar-refractivity contribution in [2.45, 2.75) is 19.8 Å². The van der Waals surface area contributed by atoms with Gasteiger partial charge in [-0.05, 0) is 53.9 Å². The molecule has 8 rings (SSSR count). The van der Waals surface area contributed by atoms with E-state index in [1.807, 2.05) is 48.7 Å². The summed E-state index contributed by atoms with van der Waals surface area (Å²) in [6, 6.07) is 39.6. The number of pyridine rings is 2. The highest BCUT2D eigenvalue weighted by Gasteiger charge is 2.13. The van der Waals surface area contributed by atoms with Crippen LogP contribution in [0.2, 0.25) is 0 Å². The van der Waals surface area contributed by atoms with Gasteiger partial charge in [-0.3, -0.25) is 0 Å². The van der Waals surface area contributed by atoms with Gasteiger partial charge in [-0.15, -0.1) is 0 Å². The zero-order valence-corrected chi connectivity index (χ0v) is 24.8. The second-order valence-corrected chi connectivity index (χ2v) is 11.0. The number of nitrogens with one attached hydrogen (secondary N) is 1. The SMILES string of the molecule is CCc1cc(-c2cn(C)c3ccccc23)nc2ccccc12.N#CCc1cc(-c2c[nH]c3ccccc23)nc2ccccc12. The van der Waals surface area contributed by atoms with E-state index in [-0.39, 0.29) is 0 Å². The molecule has 0 saturated heterocycles. The molecule has 0 radical (unpaired) electrons. The van der Waals surface area contributed by atoms with Crippen LogP contribution in [-0.2, 0) is 19.9 Å². The molecule has 8 aromatic rings. The monoisotopic (exact) mass is 569 g/mol. The van der Waals surface area contributed by atoms with Crippen LogP contribution in [0.3, 0.4) is 0 Å². The predicted molar refractivity (Wildman–Crippen MR) is 181 cm³/mol. The molecule has 5 heteroatoms. The normalized spacial score (nSPS) is 11.1. The Bertz CT molecular complexity index is 2330. The lowest BCUT2D eigenvalue weighted by atomic mass is 10.0. The van der Waals surface area contributed by atoms with Gasteiger partial charge in [0.2, 0.25) is 0 Å². The Morgan fingerprint density at radius 1 is 0.682 bits per heavy atom. The third-order valence-electron chi connectivity index (χ3n) is 8.29. The first-order valence-electron chi connectivity index (χ1n) is 14.9. The number of para-hydroxylation sites is 4. The Morgan fingerprint density at radius 2 is 1.25 bits per heavy atom. The van der Waals surface area contributed by atoms with Gasteiger partial charge < -0.3 is 9.55 Å². The van der Waals surface area contributed by atoms with Gasteiger partial charge in [0, 0.05) is 63.1 Å². The van der Waals surface area contributed by atoms with Crippen LogP contribution >= 0.6 is 0 Å². The molecule has 0 unspecified atom stereocenters. The van der Waals surface area contributed by atoms with Crippen LogP contribution in [-0.4, -0.2) is 19.5 Å². The molecule has 4 heterocycles. The van der Waals surface area contributed by atoms with Crippen molar-refractivity contribution in [2.75, 3.05) is 0 Å². The maximum atomic E-state index is 9.10. The molecular weight excluding hydrogens is 538 g/mol. The summed E-state index contributed by atoms with van der Waals surface area (Å²) in [6.45, 7) is 2.20. The summed E-state index contributed by atoms with van der Waals surface area (Å²) in [5.74, 6) is 0. The third kappa shape index (κ3) is 4.87. The molecule has 4 aromatic heterocycles. The molecule has 1 N–H and O–H groups in total. The Labute approximate surface area is 256 Å².